The number of nitrogens with two attached hydrogens (primary N) is 1. The minimum absolute atomic E-state index is 0.0729. The van der Waals surface area contributed by atoms with Crippen molar-refractivity contribution in [2.45, 2.75) is 26.3 Å². The minimum Gasteiger partial charge on any atom is -0.383 e. The maximum atomic E-state index is 11.0. The summed E-state index contributed by atoms with van der Waals surface area (Å²) in [6.07, 6.45) is 2.11. The number of nitrogens with zero attached hydrogens (tertiary/aromatic N) is 2. The first-order valence-electron chi connectivity index (χ1n) is 8.95. The normalized spacial score (nSPS) is 11.0. The van der Waals surface area contributed by atoms with Gasteiger partial charge < -0.3 is 21.4 Å². The Morgan fingerprint density at radius 1 is 1.28 bits per heavy atom. The number of hydrogen-bond acceptors (Lipinski definition) is 7. The predicted molar refractivity (Wildman–Crippen MR) is 119 cm³/mol. The highest BCUT2D eigenvalue weighted by Crippen LogP contribution is 2.32. The number of carbonyl (C=O) groups is 1. The molecule has 2 heterocycles. The van der Waals surface area contributed by atoms with E-state index in [2.05, 4.69) is 25.6 Å². The number of hydrogen-bond donors (Lipinski definition) is 5. The van der Waals surface area contributed by atoms with Crippen LogP contribution in [0.25, 0.3) is 10.9 Å². The van der Waals surface area contributed by atoms with Crippen LogP contribution in [-0.4, -0.2) is 46.6 Å². The van der Waals surface area contributed by atoms with Crippen molar-refractivity contribution in [1.82, 2.24) is 20.3 Å². The molecule has 0 amide bonds. The van der Waals surface area contributed by atoms with Gasteiger partial charge in [-0.3, -0.25) is 10.2 Å². The Kier molecular flexibility index (Phi) is 6.94. The van der Waals surface area contributed by atoms with E-state index in [-0.39, 0.29) is 17.1 Å². The highest BCUT2D eigenvalue weighted by atomic mass is 35.5. The molecule has 3 rings (SSSR count). The molecular weight excluding hydrogens is 390 g/mol. The van der Waals surface area contributed by atoms with Crippen LogP contribution in [0.3, 0.4) is 0 Å². The second-order valence-corrected chi connectivity index (χ2v) is 7.85. The van der Waals surface area contributed by atoms with E-state index in [0.717, 1.165) is 11.7 Å². The number of aromatic nitrogens is 3. The summed E-state index contributed by atoms with van der Waals surface area (Å²) in [4.78, 5) is 22.3. The lowest BCUT2D eigenvalue weighted by Crippen LogP contribution is -2.28. The maximum Gasteiger partial charge on any atom is 0.150 e. The van der Waals surface area contributed by atoms with Crippen molar-refractivity contribution in [2.75, 3.05) is 25.1 Å². The molecule has 0 aliphatic rings. The zero-order chi connectivity index (χ0) is 21.8. The quantitative estimate of drug-likeness (QED) is 0.327. The van der Waals surface area contributed by atoms with Crippen molar-refractivity contribution >= 4 is 46.1 Å². The Bertz CT molecular complexity index is 1040. The van der Waals surface area contributed by atoms with E-state index in [1.54, 1.807) is 18.2 Å². The van der Waals surface area contributed by atoms with Crippen molar-refractivity contribution in [3.05, 3.63) is 46.4 Å². The van der Waals surface area contributed by atoms with Crippen LogP contribution in [0.4, 0.5) is 11.6 Å². The molecule has 0 fully saturated rings. The molecule has 6 N–H and O–H groups in total. The Hall–Kier alpha value is -2.97. The number of nitrogens with one attached hydrogen (secondary N) is 4. The monoisotopic (exact) mass is 415 g/mol. The fourth-order valence-corrected chi connectivity index (χ4v) is 2.95. The molecule has 0 spiro atoms. The second kappa shape index (κ2) is 9.02. The molecule has 0 aliphatic heterocycles. The number of rotatable bonds is 4. The number of aldehydes is 1. The number of benzene rings is 1. The lowest BCUT2D eigenvalue weighted by molar-refractivity contribution is 0.112. The molecule has 29 heavy (non-hydrogen) atoms. The smallest absolute Gasteiger partial charge is 0.150 e. The molecular formula is C20H26ClN7O. The molecule has 154 valence electrons. The summed E-state index contributed by atoms with van der Waals surface area (Å²) in [6, 6.07) is 5.10. The minimum atomic E-state index is -0.279. The molecule has 3 aromatic rings. The molecule has 0 aliphatic carbocycles. The van der Waals surface area contributed by atoms with Crippen molar-refractivity contribution in [3.8, 4) is 0 Å². The van der Waals surface area contributed by atoms with E-state index in [9.17, 15) is 4.79 Å². The van der Waals surface area contributed by atoms with E-state index in [4.69, 9.17) is 22.7 Å². The molecule has 8 nitrogen and oxygen atoms in total. The highest BCUT2D eigenvalue weighted by molar-refractivity contribution is 6.40. The van der Waals surface area contributed by atoms with Gasteiger partial charge in [0.1, 0.15) is 24.2 Å². The van der Waals surface area contributed by atoms with Gasteiger partial charge in [0.05, 0.1) is 22.0 Å². The SMILES string of the molecule is CC(C)(C)Nc1ncnc(N)c1C(=N)c1[nH]c2cc(C=O)ccc2c1Cl.CNC. The largest absolute Gasteiger partial charge is 0.383 e. The van der Waals surface area contributed by atoms with Crippen molar-refractivity contribution in [3.63, 3.8) is 0 Å². The number of nitrogen functional groups attached to an aromatic ring is 1. The van der Waals surface area contributed by atoms with E-state index in [0.29, 0.717) is 33.2 Å². The van der Waals surface area contributed by atoms with Gasteiger partial charge in [-0.2, -0.15) is 0 Å². The van der Waals surface area contributed by atoms with E-state index in [1.807, 2.05) is 34.9 Å². The van der Waals surface area contributed by atoms with Crippen LogP contribution in [0, 0.1) is 5.41 Å². The first kappa shape index (κ1) is 22.3. The molecule has 0 radical (unpaired) electrons. The van der Waals surface area contributed by atoms with Crippen molar-refractivity contribution in [1.29, 1.82) is 5.41 Å². The van der Waals surface area contributed by atoms with Crippen LogP contribution in [-0.2, 0) is 0 Å². The van der Waals surface area contributed by atoms with Gasteiger partial charge in [-0.15, -0.1) is 0 Å². The summed E-state index contributed by atoms with van der Waals surface area (Å²) < 4.78 is 0. The van der Waals surface area contributed by atoms with Gasteiger partial charge in [-0.25, -0.2) is 9.97 Å². The average Bonchev–Trinajstić information content (AvgIpc) is 2.97. The average molecular weight is 416 g/mol. The first-order valence-corrected chi connectivity index (χ1v) is 9.33. The Balaban J connectivity index is 0.000000941. The van der Waals surface area contributed by atoms with Gasteiger partial charge in [0.25, 0.3) is 0 Å². The molecule has 9 heteroatoms. The Morgan fingerprint density at radius 2 is 1.93 bits per heavy atom. The number of anilines is 2. The molecule has 1 aromatic carbocycles. The van der Waals surface area contributed by atoms with Crippen LogP contribution in [0.2, 0.25) is 5.02 Å². The summed E-state index contributed by atoms with van der Waals surface area (Å²) in [6.45, 7) is 5.95. The van der Waals surface area contributed by atoms with Crippen LogP contribution < -0.4 is 16.4 Å². The second-order valence-electron chi connectivity index (χ2n) is 7.47. The number of H-pyrrole nitrogens is 1. The summed E-state index contributed by atoms with van der Waals surface area (Å²) in [5, 5.41) is 15.7. The molecule has 0 saturated carbocycles. The third-order valence-corrected chi connectivity index (χ3v) is 4.16. The number of halogens is 1. The summed E-state index contributed by atoms with van der Waals surface area (Å²) >= 11 is 6.47. The molecule has 0 saturated heterocycles. The topological polar surface area (TPSA) is 133 Å². The summed E-state index contributed by atoms with van der Waals surface area (Å²) in [7, 11) is 3.75. The highest BCUT2D eigenvalue weighted by Gasteiger charge is 2.23. The van der Waals surface area contributed by atoms with Gasteiger partial charge in [0, 0.05) is 22.0 Å². The Morgan fingerprint density at radius 3 is 2.52 bits per heavy atom. The number of fused-ring (bicyclic) bond motifs is 1. The summed E-state index contributed by atoms with van der Waals surface area (Å²) in [5.41, 5.74) is 7.77. The third kappa shape index (κ3) is 5.10. The summed E-state index contributed by atoms with van der Waals surface area (Å²) in [5.74, 6) is 0.637. The zero-order valence-electron chi connectivity index (χ0n) is 17.1. The van der Waals surface area contributed by atoms with E-state index >= 15 is 0 Å². The van der Waals surface area contributed by atoms with Gasteiger partial charge >= 0.3 is 0 Å². The maximum absolute atomic E-state index is 11.0. The van der Waals surface area contributed by atoms with Gasteiger partial charge in [0.2, 0.25) is 0 Å². The van der Waals surface area contributed by atoms with Gasteiger partial charge in [0.15, 0.2) is 0 Å². The van der Waals surface area contributed by atoms with Gasteiger partial charge in [-0.1, -0.05) is 23.7 Å². The number of carbonyl (C=O) groups excluding carboxylic acids is 1. The first-order chi connectivity index (χ1) is 13.6. The third-order valence-electron chi connectivity index (χ3n) is 3.77. The standard InChI is InChI=1S/C18H19ClN6O.C2H7N/c1-18(2,3)25-17-12(16(21)22-8-23-17)14(20)15-13(19)10-5-4-9(7-26)6-11(10)24-15;1-3-2/h4-8,20,24H,1-3H3,(H3,21,22,23,25);3H,1-2H3. The molecule has 0 bridgehead atoms. The van der Waals surface area contributed by atoms with E-state index in [1.165, 1.54) is 6.33 Å². The van der Waals surface area contributed by atoms with Crippen molar-refractivity contribution < 1.29 is 4.79 Å². The molecule has 0 unspecified atom stereocenters. The van der Waals surface area contributed by atoms with Crippen LogP contribution in [0.1, 0.15) is 42.4 Å². The van der Waals surface area contributed by atoms with Crippen LogP contribution in [0.5, 0.6) is 0 Å². The van der Waals surface area contributed by atoms with E-state index < -0.39 is 0 Å². The van der Waals surface area contributed by atoms with Gasteiger partial charge in [-0.05, 0) is 40.9 Å². The van der Waals surface area contributed by atoms with Crippen LogP contribution in [0.15, 0.2) is 24.5 Å². The lowest BCUT2D eigenvalue weighted by atomic mass is 10.1. The van der Waals surface area contributed by atoms with Crippen molar-refractivity contribution in [2.24, 2.45) is 0 Å². The van der Waals surface area contributed by atoms with Crippen LogP contribution >= 0.6 is 11.6 Å². The fourth-order valence-electron chi connectivity index (χ4n) is 2.65. The molecule has 0 atom stereocenters. The fraction of sp³-hybridized carbons (Fsp3) is 0.300. The predicted octanol–water partition coefficient (Wildman–Crippen LogP) is 3.47. The number of aromatic amines is 1. The lowest BCUT2D eigenvalue weighted by Gasteiger charge is -2.23. The zero-order valence-corrected chi connectivity index (χ0v) is 17.9. The molecule has 2 aromatic heterocycles. The Labute approximate surface area is 174 Å².